The SMILES string of the molecule is CCCCC1(CCCC)CN(c2ccccc2)c2cc(SC)c(OCC(=O)N[C@@H](C(=O)O)c3ccc(OC(=O)COc4cc5c(cc4SC)N(c4ccccc4)CC(CCCC)(CCCC)NS5(=O)=O)cc3)cc2S(=O)(=O)N1. The molecule has 1 amide bonds. The average Bonchev–Trinajstić information content (AvgIpc) is 3.82. The molecule has 16 nitrogen and oxygen atoms in total. The number of fused-ring (bicyclic) bond motifs is 2. The Kier molecular flexibility index (Phi) is 20.7. The van der Waals surface area contributed by atoms with Gasteiger partial charge in [-0.3, -0.25) is 4.79 Å². The van der Waals surface area contributed by atoms with Crippen molar-refractivity contribution in [3.8, 4) is 17.2 Å². The lowest BCUT2D eigenvalue weighted by atomic mass is 9.87. The number of esters is 1. The minimum absolute atomic E-state index is 0.00106. The maximum Gasteiger partial charge on any atom is 0.349 e. The highest BCUT2D eigenvalue weighted by atomic mass is 32.2. The average molecular weight is 1140 g/mol. The third kappa shape index (κ3) is 14.5. The van der Waals surface area contributed by atoms with Crippen molar-refractivity contribution in [2.45, 2.75) is 141 Å². The number of carbonyl (C=O) groups excluding carboxylic acids is 2. The first-order chi connectivity index (χ1) is 37.4. The summed E-state index contributed by atoms with van der Waals surface area (Å²) in [5.74, 6) is -2.57. The number of hydrogen-bond acceptors (Lipinski definition) is 14. The minimum Gasteiger partial charge on any atom is -0.483 e. The summed E-state index contributed by atoms with van der Waals surface area (Å²) in [6.45, 7) is 7.97. The van der Waals surface area contributed by atoms with Crippen molar-refractivity contribution in [3.63, 3.8) is 0 Å². The zero-order valence-corrected chi connectivity index (χ0v) is 48.6. The Morgan fingerprint density at radius 3 is 1.41 bits per heavy atom. The third-order valence-electron chi connectivity index (χ3n) is 14.1. The number of carboxylic acids is 1. The molecule has 0 fully saturated rings. The van der Waals surface area contributed by atoms with Crippen LogP contribution in [-0.4, -0.2) is 89.7 Å². The highest BCUT2D eigenvalue weighted by Gasteiger charge is 2.44. The van der Waals surface area contributed by atoms with E-state index in [0.29, 0.717) is 59.9 Å². The van der Waals surface area contributed by atoms with Gasteiger partial charge in [0.1, 0.15) is 27.0 Å². The van der Waals surface area contributed by atoms with Gasteiger partial charge in [-0.2, -0.15) is 0 Å². The zero-order chi connectivity index (χ0) is 56.1. The molecule has 20 heteroatoms. The normalized spacial score (nSPS) is 16.4. The molecular weight excluding hydrogens is 1070 g/mol. The molecule has 420 valence electrons. The fraction of sp³-hybridized carbons (Fsp3) is 0.431. The molecule has 2 aliphatic heterocycles. The molecule has 0 saturated heterocycles. The largest absolute Gasteiger partial charge is 0.483 e. The standard InChI is InChI=1S/C58H73N5O11S4/c1-7-11-29-57(30-12-8-2)39-62(42-21-17-15-18-22-42)45-33-49(75-5)47(35-51(45)77(68,69)60-57)72-37-53(64)59-55(56(66)67)41-25-27-44(28-26-41)74-54(65)38-73-48-36-52-46(34-50(48)76-6)63(43-23-19-16-20-24-43)40-58(31-13-9-3,32-14-10-4)61-78(52,70)71/h15-28,33-36,55,60-61H,7-14,29-32,37-40H2,1-6H3,(H,59,64)(H,66,67)/t55-/m1/s1. The second-order valence-corrected chi connectivity index (χ2v) is 24.9. The van der Waals surface area contributed by atoms with Crippen LogP contribution in [0.1, 0.15) is 116 Å². The van der Waals surface area contributed by atoms with E-state index in [2.05, 4.69) is 47.4 Å². The third-order valence-corrected chi connectivity index (χ3v) is 18.9. The maximum atomic E-state index is 14.5. The highest BCUT2D eigenvalue weighted by molar-refractivity contribution is 7.99. The molecule has 0 aliphatic carbocycles. The summed E-state index contributed by atoms with van der Waals surface area (Å²) in [6, 6.07) is 29.8. The summed E-state index contributed by atoms with van der Waals surface area (Å²) < 4.78 is 81.6. The Morgan fingerprint density at radius 1 is 0.615 bits per heavy atom. The number of hydrogen-bond donors (Lipinski definition) is 4. The van der Waals surface area contributed by atoms with E-state index in [4.69, 9.17) is 14.2 Å². The molecule has 0 unspecified atom stereocenters. The number of ether oxygens (including phenoxy) is 3. The summed E-state index contributed by atoms with van der Waals surface area (Å²) in [5.41, 5.74) is 1.33. The second kappa shape index (κ2) is 26.9. The van der Waals surface area contributed by atoms with Crippen LogP contribution in [0.4, 0.5) is 22.7 Å². The van der Waals surface area contributed by atoms with Crippen LogP contribution in [0.25, 0.3) is 0 Å². The van der Waals surface area contributed by atoms with Crippen LogP contribution in [0.5, 0.6) is 17.2 Å². The van der Waals surface area contributed by atoms with Crippen molar-refractivity contribution in [1.82, 2.24) is 14.8 Å². The number of rotatable bonds is 26. The smallest absolute Gasteiger partial charge is 0.349 e. The van der Waals surface area contributed by atoms with Gasteiger partial charge in [0, 0.05) is 36.6 Å². The van der Waals surface area contributed by atoms with Gasteiger partial charge >= 0.3 is 11.9 Å². The number of nitrogens with zero attached hydrogens (tertiary/aromatic N) is 2. The monoisotopic (exact) mass is 1140 g/mol. The van der Waals surface area contributed by atoms with Gasteiger partial charge in [0.2, 0.25) is 20.0 Å². The quantitative estimate of drug-likeness (QED) is 0.0231. The molecule has 78 heavy (non-hydrogen) atoms. The predicted octanol–water partition coefficient (Wildman–Crippen LogP) is 11.5. The maximum absolute atomic E-state index is 14.5. The van der Waals surface area contributed by atoms with Crippen molar-refractivity contribution in [1.29, 1.82) is 0 Å². The molecule has 4 N–H and O–H groups in total. The van der Waals surface area contributed by atoms with Gasteiger partial charge in [0.05, 0.1) is 32.2 Å². The van der Waals surface area contributed by atoms with E-state index in [1.807, 2.05) is 78.1 Å². The van der Waals surface area contributed by atoms with E-state index in [-0.39, 0.29) is 32.6 Å². The summed E-state index contributed by atoms with van der Waals surface area (Å²) >= 11 is 2.67. The van der Waals surface area contributed by atoms with Gasteiger partial charge in [0.25, 0.3) is 5.91 Å². The van der Waals surface area contributed by atoms with Gasteiger partial charge in [-0.1, -0.05) is 128 Å². The fourth-order valence-electron chi connectivity index (χ4n) is 10.1. The van der Waals surface area contributed by atoms with Crippen molar-refractivity contribution in [3.05, 3.63) is 115 Å². The number of anilines is 4. The van der Waals surface area contributed by atoms with Crippen molar-refractivity contribution >= 4 is 84.2 Å². The molecule has 0 aromatic heterocycles. The lowest BCUT2D eigenvalue weighted by molar-refractivity contribution is -0.142. The number of carboxylic acid groups (broad SMARTS) is 1. The van der Waals surface area contributed by atoms with Crippen LogP contribution in [-0.2, 0) is 34.4 Å². The number of amides is 1. The van der Waals surface area contributed by atoms with Crippen molar-refractivity contribution in [2.24, 2.45) is 0 Å². The van der Waals surface area contributed by atoms with E-state index in [1.54, 1.807) is 12.1 Å². The Morgan fingerprint density at radius 2 is 1.03 bits per heavy atom. The number of aliphatic carboxylic acids is 1. The van der Waals surface area contributed by atoms with E-state index < -0.39 is 68.2 Å². The van der Waals surface area contributed by atoms with Gasteiger partial charge in [-0.05, 0) is 92.3 Å². The van der Waals surface area contributed by atoms with Gasteiger partial charge in [-0.15, -0.1) is 23.5 Å². The molecule has 0 saturated carbocycles. The first-order valence-electron chi connectivity index (χ1n) is 26.7. The molecule has 2 aliphatic rings. The number of sulfonamides is 2. The molecule has 7 rings (SSSR count). The fourth-order valence-corrected chi connectivity index (χ4v) is 14.6. The first kappa shape index (κ1) is 59.9. The Bertz CT molecular complexity index is 3080. The number of para-hydroxylation sites is 2. The van der Waals surface area contributed by atoms with E-state index >= 15 is 0 Å². The van der Waals surface area contributed by atoms with Crippen LogP contribution in [0.15, 0.2) is 129 Å². The van der Waals surface area contributed by atoms with Crippen molar-refractivity contribution < 1.29 is 50.5 Å². The Labute approximate surface area is 468 Å². The Hall–Kier alpha value is -5.77. The minimum atomic E-state index is -4.12. The van der Waals surface area contributed by atoms with Crippen LogP contribution in [0, 0.1) is 0 Å². The van der Waals surface area contributed by atoms with Gasteiger partial charge < -0.3 is 34.4 Å². The number of benzene rings is 5. The molecule has 1 atom stereocenters. The molecular formula is C58H73N5O11S4. The topological polar surface area (TPSA) is 210 Å². The summed E-state index contributed by atoms with van der Waals surface area (Å²) in [4.78, 5) is 44.7. The van der Waals surface area contributed by atoms with E-state index in [1.165, 1.54) is 59.9 Å². The molecule has 0 radical (unpaired) electrons. The summed E-state index contributed by atoms with van der Waals surface area (Å²) in [7, 11) is -8.21. The van der Waals surface area contributed by atoms with E-state index in [9.17, 15) is 36.3 Å². The molecule has 5 aromatic carbocycles. The van der Waals surface area contributed by atoms with Crippen LogP contribution in [0.2, 0.25) is 0 Å². The zero-order valence-electron chi connectivity index (χ0n) is 45.3. The molecule has 5 aromatic rings. The number of nitrogens with one attached hydrogen (secondary N) is 3. The van der Waals surface area contributed by atoms with Gasteiger partial charge in [0.15, 0.2) is 19.3 Å². The predicted molar refractivity (Wildman–Crippen MR) is 309 cm³/mol. The van der Waals surface area contributed by atoms with Crippen LogP contribution < -0.4 is 38.8 Å². The van der Waals surface area contributed by atoms with Gasteiger partial charge in [-0.25, -0.2) is 35.9 Å². The lowest BCUT2D eigenvalue weighted by Gasteiger charge is -2.37. The van der Waals surface area contributed by atoms with Crippen LogP contribution >= 0.6 is 23.5 Å². The summed E-state index contributed by atoms with van der Waals surface area (Å²) in [5, 5.41) is 12.8. The molecule has 2 heterocycles. The Balaban J connectivity index is 1.04. The van der Waals surface area contributed by atoms with E-state index in [0.717, 1.165) is 62.7 Å². The lowest BCUT2D eigenvalue weighted by Crippen LogP contribution is -2.53. The number of unbranched alkanes of at least 4 members (excludes halogenated alkanes) is 4. The van der Waals surface area contributed by atoms with Crippen LogP contribution in [0.3, 0.4) is 0 Å². The highest BCUT2D eigenvalue weighted by Crippen LogP contribution is 2.46. The molecule has 0 spiro atoms. The summed E-state index contributed by atoms with van der Waals surface area (Å²) in [6.07, 6.45) is 13.2. The number of carbonyl (C=O) groups is 3. The molecule has 0 bridgehead atoms. The van der Waals surface area contributed by atoms with Crippen molar-refractivity contribution in [2.75, 3.05) is 48.6 Å². The first-order valence-corrected chi connectivity index (χ1v) is 32.1. The second-order valence-electron chi connectivity index (χ2n) is 19.9. The number of thioether (sulfide) groups is 2.